The Bertz CT molecular complexity index is 524. The van der Waals surface area contributed by atoms with E-state index < -0.39 is 11.3 Å². The van der Waals surface area contributed by atoms with Crippen LogP contribution in [0.2, 0.25) is 0 Å². The van der Waals surface area contributed by atoms with Crippen LogP contribution in [0.25, 0.3) is 0 Å². The number of ketones is 1. The molecule has 0 unspecified atom stereocenters. The van der Waals surface area contributed by atoms with Crippen LogP contribution in [-0.2, 0) is 4.79 Å². The van der Waals surface area contributed by atoms with E-state index in [4.69, 9.17) is 16.2 Å². The molecule has 0 saturated heterocycles. The highest BCUT2D eigenvalue weighted by Gasteiger charge is 2.28. The van der Waals surface area contributed by atoms with E-state index in [0.29, 0.717) is 12.2 Å². The maximum absolute atomic E-state index is 12.1. The summed E-state index contributed by atoms with van der Waals surface area (Å²) in [7, 11) is 0. The van der Waals surface area contributed by atoms with Gasteiger partial charge in [-0.3, -0.25) is 9.59 Å². The second-order valence-electron chi connectivity index (χ2n) is 5.78. The number of rotatable bonds is 8. The third-order valence-corrected chi connectivity index (χ3v) is 3.41. The fourth-order valence-corrected chi connectivity index (χ4v) is 1.95. The fourth-order valence-electron chi connectivity index (χ4n) is 1.95. The molecule has 0 fully saturated rings. The molecule has 0 heterocycles. The normalized spacial score (nSPS) is 11.2. The first-order valence-electron chi connectivity index (χ1n) is 7.14. The van der Waals surface area contributed by atoms with Crippen LogP contribution in [0.3, 0.4) is 0 Å². The first-order chi connectivity index (χ1) is 9.79. The Morgan fingerprint density at radius 2 is 1.95 bits per heavy atom. The van der Waals surface area contributed by atoms with Gasteiger partial charge in [0.25, 0.3) is 5.91 Å². The Morgan fingerprint density at radius 3 is 2.52 bits per heavy atom. The van der Waals surface area contributed by atoms with E-state index in [2.05, 4.69) is 0 Å². The first kappa shape index (κ1) is 17.0. The Balaban J connectivity index is 2.81. The molecule has 0 atom stereocenters. The number of nitrogen functional groups attached to an aromatic ring is 1. The molecule has 116 valence electrons. The molecule has 5 nitrogen and oxygen atoms in total. The van der Waals surface area contributed by atoms with E-state index in [1.54, 1.807) is 18.2 Å². The summed E-state index contributed by atoms with van der Waals surface area (Å²) >= 11 is 0. The molecule has 0 spiro atoms. The number of anilines is 1. The lowest BCUT2D eigenvalue weighted by molar-refractivity contribution is -0.128. The molecule has 1 rings (SSSR count). The number of primary amides is 1. The van der Waals surface area contributed by atoms with Crippen LogP contribution in [0.4, 0.5) is 5.69 Å². The Hall–Kier alpha value is -2.04. The van der Waals surface area contributed by atoms with Gasteiger partial charge in [-0.1, -0.05) is 19.4 Å². The largest absolute Gasteiger partial charge is 0.492 e. The zero-order chi connectivity index (χ0) is 16.0. The van der Waals surface area contributed by atoms with Crippen molar-refractivity contribution in [2.45, 2.75) is 40.0 Å². The van der Waals surface area contributed by atoms with Crippen LogP contribution in [0.1, 0.15) is 50.4 Å². The second-order valence-corrected chi connectivity index (χ2v) is 5.78. The number of ether oxygens (including phenoxy) is 1. The number of hydrogen-bond acceptors (Lipinski definition) is 4. The predicted octanol–water partition coefficient (Wildman–Crippen LogP) is 2.53. The molecular formula is C16H24N2O3. The first-order valence-corrected chi connectivity index (χ1v) is 7.14. The van der Waals surface area contributed by atoms with Crippen LogP contribution in [0.15, 0.2) is 18.2 Å². The lowest BCUT2D eigenvalue weighted by Crippen LogP contribution is -2.31. The zero-order valence-electron chi connectivity index (χ0n) is 12.9. The van der Waals surface area contributed by atoms with Gasteiger partial charge in [-0.05, 0) is 32.4 Å². The Morgan fingerprint density at radius 1 is 1.29 bits per heavy atom. The molecule has 0 saturated carbocycles. The minimum Gasteiger partial charge on any atom is -0.492 e. The van der Waals surface area contributed by atoms with Gasteiger partial charge in [0.15, 0.2) is 0 Å². The number of carbonyl (C=O) groups excluding carboxylic acids is 2. The molecule has 0 radical (unpaired) electrons. The van der Waals surface area contributed by atoms with E-state index in [-0.39, 0.29) is 23.6 Å². The summed E-state index contributed by atoms with van der Waals surface area (Å²) in [5.41, 5.74) is 10.9. The van der Waals surface area contributed by atoms with Gasteiger partial charge in [-0.2, -0.15) is 0 Å². The van der Waals surface area contributed by atoms with E-state index >= 15 is 0 Å². The predicted molar refractivity (Wildman–Crippen MR) is 83.2 cm³/mol. The molecule has 1 aromatic carbocycles. The van der Waals surface area contributed by atoms with Crippen molar-refractivity contribution in [2.75, 3.05) is 12.3 Å². The van der Waals surface area contributed by atoms with E-state index in [1.165, 1.54) is 0 Å². The van der Waals surface area contributed by atoms with E-state index in [1.807, 2.05) is 20.8 Å². The minimum absolute atomic E-state index is 0.147. The smallest absolute Gasteiger partial charge is 0.254 e. The van der Waals surface area contributed by atoms with Crippen molar-refractivity contribution in [3.63, 3.8) is 0 Å². The number of amides is 1. The van der Waals surface area contributed by atoms with Gasteiger partial charge in [0.05, 0.1) is 5.41 Å². The maximum Gasteiger partial charge on any atom is 0.254 e. The lowest BCUT2D eigenvalue weighted by atomic mass is 9.86. The van der Waals surface area contributed by atoms with E-state index in [9.17, 15) is 9.59 Å². The summed E-state index contributed by atoms with van der Waals surface area (Å²) in [6, 6.07) is 4.90. The number of nitrogens with two attached hydrogens (primary N) is 2. The van der Waals surface area contributed by atoms with Gasteiger partial charge in [-0.15, -0.1) is 0 Å². The lowest BCUT2D eigenvalue weighted by Gasteiger charge is -2.24. The third-order valence-electron chi connectivity index (χ3n) is 3.41. The van der Waals surface area contributed by atoms with Crippen molar-refractivity contribution in [1.29, 1.82) is 0 Å². The van der Waals surface area contributed by atoms with Gasteiger partial charge >= 0.3 is 0 Å². The van der Waals surface area contributed by atoms with Crippen LogP contribution < -0.4 is 16.2 Å². The molecule has 1 amide bonds. The number of carbonyl (C=O) groups is 2. The molecule has 0 aliphatic carbocycles. The molecule has 0 aromatic heterocycles. The summed E-state index contributed by atoms with van der Waals surface area (Å²) in [6.45, 7) is 5.89. The number of unbranched alkanes of at least 4 members (excludes halogenated alkanes) is 1. The van der Waals surface area contributed by atoms with Gasteiger partial charge in [-0.25, -0.2) is 0 Å². The quantitative estimate of drug-likeness (QED) is 0.720. The average Bonchev–Trinajstić information content (AvgIpc) is 2.42. The molecule has 1 aromatic rings. The average molecular weight is 292 g/mol. The summed E-state index contributed by atoms with van der Waals surface area (Å²) in [6.07, 6.45) is 2.38. The molecule has 5 heteroatoms. The summed E-state index contributed by atoms with van der Waals surface area (Å²) in [4.78, 5) is 23.6. The van der Waals surface area contributed by atoms with Crippen molar-refractivity contribution >= 4 is 17.4 Å². The second kappa shape index (κ2) is 7.11. The minimum atomic E-state index is -0.641. The molecule has 0 aliphatic rings. The fraction of sp³-hybridized carbons (Fsp3) is 0.500. The topological polar surface area (TPSA) is 95.4 Å². The van der Waals surface area contributed by atoms with Crippen LogP contribution in [-0.4, -0.2) is 18.3 Å². The highest BCUT2D eigenvalue weighted by Crippen LogP contribution is 2.27. The van der Waals surface area contributed by atoms with Crippen molar-refractivity contribution in [3.8, 4) is 5.75 Å². The highest BCUT2D eigenvalue weighted by atomic mass is 16.5. The van der Waals surface area contributed by atoms with E-state index in [0.717, 1.165) is 12.8 Å². The van der Waals surface area contributed by atoms with Crippen molar-refractivity contribution < 1.29 is 14.3 Å². The number of hydrogen-bond donors (Lipinski definition) is 2. The monoisotopic (exact) mass is 292 g/mol. The highest BCUT2D eigenvalue weighted by molar-refractivity contribution is 6.00. The molecule has 0 aliphatic heterocycles. The van der Waals surface area contributed by atoms with Crippen molar-refractivity contribution in [2.24, 2.45) is 11.1 Å². The summed E-state index contributed by atoms with van der Waals surface area (Å²) in [5.74, 6) is -0.175. The summed E-state index contributed by atoms with van der Waals surface area (Å²) in [5, 5.41) is 0. The molecule has 0 bridgehead atoms. The van der Waals surface area contributed by atoms with Crippen LogP contribution >= 0.6 is 0 Å². The van der Waals surface area contributed by atoms with Gasteiger partial charge in [0, 0.05) is 12.1 Å². The zero-order valence-corrected chi connectivity index (χ0v) is 12.9. The molecule has 21 heavy (non-hydrogen) atoms. The Labute approximate surface area is 125 Å². The van der Waals surface area contributed by atoms with Crippen molar-refractivity contribution in [3.05, 3.63) is 23.8 Å². The maximum atomic E-state index is 12.1. The van der Waals surface area contributed by atoms with Gasteiger partial charge < -0.3 is 16.2 Å². The SMILES string of the molecule is CCCCC(=O)C(C)(C)COc1cccc(N)c1C(N)=O. The third kappa shape index (κ3) is 4.48. The van der Waals surface area contributed by atoms with Crippen LogP contribution in [0, 0.1) is 5.41 Å². The molecule has 4 N–H and O–H groups in total. The molecular weight excluding hydrogens is 268 g/mol. The standard InChI is InChI=1S/C16H24N2O3/c1-4-5-9-13(19)16(2,3)10-21-12-8-6-7-11(17)14(12)15(18)20/h6-8H,4-5,9-10,17H2,1-3H3,(H2,18,20). The van der Waals surface area contributed by atoms with Crippen molar-refractivity contribution in [1.82, 2.24) is 0 Å². The Kier molecular flexibility index (Phi) is 5.76. The number of Topliss-reactive ketones (excluding diaryl/α,β-unsaturated/α-hetero) is 1. The summed E-state index contributed by atoms with van der Waals surface area (Å²) < 4.78 is 5.64. The van der Waals surface area contributed by atoms with Gasteiger partial charge in [0.1, 0.15) is 23.7 Å². The number of benzene rings is 1. The van der Waals surface area contributed by atoms with Crippen LogP contribution in [0.5, 0.6) is 5.75 Å². The van der Waals surface area contributed by atoms with Gasteiger partial charge in [0.2, 0.25) is 0 Å².